The van der Waals surface area contributed by atoms with Crippen molar-refractivity contribution in [1.29, 1.82) is 0 Å². The summed E-state index contributed by atoms with van der Waals surface area (Å²) in [6, 6.07) is 6.03. The third-order valence-electron chi connectivity index (χ3n) is 4.31. The van der Waals surface area contributed by atoms with Gasteiger partial charge < -0.3 is 10.2 Å². The number of amides is 2. The summed E-state index contributed by atoms with van der Waals surface area (Å²) in [5.74, 6) is 0.286. The molecule has 2 rings (SSSR count). The van der Waals surface area contributed by atoms with Gasteiger partial charge in [-0.15, -0.1) is 0 Å². The number of benzene rings is 1. The van der Waals surface area contributed by atoms with E-state index in [0.29, 0.717) is 13.1 Å². The van der Waals surface area contributed by atoms with Crippen molar-refractivity contribution < 1.29 is 9.59 Å². The first-order valence-electron chi connectivity index (χ1n) is 8.05. The summed E-state index contributed by atoms with van der Waals surface area (Å²) < 4.78 is 0. The minimum atomic E-state index is -0.00286. The smallest absolute Gasteiger partial charge is 0.227 e. The predicted molar refractivity (Wildman–Crippen MR) is 88.7 cm³/mol. The molecular weight excluding hydrogens is 276 g/mol. The first-order chi connectivity index (χ1) is 10.4. The number of hydrogen-bond donors (Lipinski definition) is 1. The van der Waals surface area contributed by atoms with Gasteiger partial charge in [-0.25, -0.2) is 0 Å². The molecule has 4 nitrogen and oxygen atoms in total. The standard InChI is InChI=1S/C18H26N2O2/c1-12(2)18(22)20-9-7-15(8-10-20)17(21)19-16-6-5-13(3)11-14(16)4/h5-6,11-12,15H,7-10H2,1-4H3,(H,19,21). The Morgan fingerprint density at radius 2 is 1.82 bits per heavy atom. The number of aryl methyl sites for hydroxylation is 2. The van der Waals surface area contributed by atoms with Crippen LogP contribution in [0.5, 0.6) is 0 Å². The summed E-state index contributed by atoms with van der Waals surface area (Å²) in [5, 5.41) is 3.03. The van der Waals surface area contributed by atoms with Gasteiger partial charge in [-0.1, -0.05) is 31.5 Å². The van der Waals surface area contributed by atoms with Gasteiger partial charge in [0.1, 0.15) is 0 Å². The second-order valence-electron chi connectivity index (χ2n) is 6.56. The lowest BCUT2D eigenvalue weighted by molar-refractivity contribution is -0.137. The fourth-order valence-electron chi connectivity index (χ4n) is 2.92. The molecule has 0 spiro atoms. The van der Waals surface area contributed by atoms with Crippen molar-refractivity contribution in [3.63, 3.8) is 0 Å². The Labute approximate surface area is 132 Å². The number of piperidine rings is 1. The molecule has 1 saturated heterocycles. The molecule has 1 aliphatic rings. The first kappa shape index (κ1) is 16.5. The maximum atomic E-state index is 12.4. The molecule has 2 amide bonds. The summed E-state index contributed by atoms with van der Waals surface area (Å²) in [5.41, 5.74) is 3.16. The van der Waals surface area contributed by atoms with Crippen LogP contribution in [0.15, 0.2) is 18.2 Å². The third-order valence-corrected chi connectivity index (χ3v) is 4.31. The van der Waals surface area contributed by atoms with Gasteiger partial charge in [0, 0.05) is 30.6 Å². The highest BCUT2D eigenvalue weighted by molar-refractivity contribution is 5.93. The molecule has 1 heterocycles. The van der Waals surface area contributed by atoms with Crippen LogP contribution < -0.4 is 5.32 Å². The zero-order valence-corrected chi connectivity index (χ0v) is 14.0. The lowest BCUT2D eigenvalue weighted by Crippen LogP contribution is -2.43. The highest BCUT2D eigenvalue weighted by atomic mass is 16.2. The van der Waals surface area contributed by atoms with Crippen molar-refractivity contribution in [1.82, 2.24) is 4.90 Å². The van der Waals surface area contributed by atoms with Crippen LogP contribution in [0.4, 0.5) is 5.69 Å². The average Bonchev–Trinajstić information content (AvgIpc) is 2.49. The van der Waals surface area contributed by atoms with Crippen molar-refractivity contribution in [3.05, 3.63) is 29.3 Å². The minimum Gasteiger partial charge on any atom is -0.342 e. The topological polar surface area (TPSA) is 49.4 Å². The van der Waals surface area contributed by atoms with E-state index in [9.17, 15) is 9.59 Å². The Bertz CT molecular complexity index is 558. The van der Waals surface area contributed by atoms with Crippen molar-refractivity contribution in [2.24, 2.45) is 11.8 Å². The Balaban J connectivity index is 1.91. The quantitative estimate of drug-likeness (QED) is 0.932. The zero-order chi connectivity index (χ0) is 16.3. The fourth-order valence-corrected chi connectivity index (χ4v) is 2.92. The maximum absolute atomic E-state index is 12.4. The van der Waals surface area contributed by atoms with E-state index in [0.717, 1.165) is 24.1 Å². The van der Waals surface area contributed by atoms with Gasteiger partial charge in [-0.3, -0.25) is 9.59 Å². The second kappa shape index (κ2) is 6.95. The number of nitrogens with one attached hydrogen (secondary N) is 1. The Morgan fingerprint density at radius 3 is 2.36 bits per heavy atom. The summed E-state index contributed by atoms with van der Waals surface area (Å²) in [4.78, 5) is 26.2. The van der Waals surface area contributed by atoms with E-state index in [1.807, 2.05) is 44.7 Å². The normalized spacial score (nSPS) is 16.0. The molecule has 0 unspecified atom stereocenters. The van der Waals surface area contributed by atoms with E-state index in [-0.39, 0.29) is 23.7 Å². The summed E-state index contributed by atoms with van der Waals surface area (Å²) in [6.45, 7) is 9.25. The van der Waals surface area contributed by atoms with Crippen LogP contribution in [0.3, 0.4) is 0 Å². The van der Waals surface area contributed by atoms with Gasteiger partial charge in [0.05, 0.1) is 0 Å². The number of carbonyl (C=O) groups excluding carboxylic acids is 2. The second-order valence-corrected chi connectivity index (χ2v) is 6.56. The van der Waals surface area contributed by atoms with Crippen molar-refractivity contribution >= 4 is 17.5 Å². The van der Waals surface area contributed by atoms with E-state index < -0.39 is 0 Å². The molecule has 0 aliphatic carbocycles. The molecule has 0 radical (unpaired) electrons. The van der Waals surface area contributed by atoms with Crippen LogP contribution in [0.1, 0.15) is 37.8 Å². The molecule has 1 aromatic rings. The van der Waals surface area contributed by atoms with Crippen molar-refractivity contribution in [2.75, 3.05) is 18.4 Å². The molecule has 0 atom stereocenters. The van der Waals surface area contributed by atoms with Crippen LogP contribution in [0.2, 0.25) is 0 Å². The van der Waals surface area contributed by atoms with Gasteiger partial charge in [0.15, 0.2) is 0 Å². The van der Waals surface area contributed by atoms with E-state index in [1.54, 1.807) is 0 Å². The van der Waals surface area contributed by atoms with Crippen LogP contribution >= 0.6 is 0 Å². The minimum absolute atomic E-state index is 0.00286. The van der Waals surface area contributed by atoms with Gasteiger partial charge in [-0.2, -0.15) is 0 Å². The highest BCUT2D eigenvalue weighted by Crippen LogP contribution is 2.22. The number of anilines is 1. The largest absolute Gasteiger partial charge is 0.342 e. The SMILES string of the molecule is Cc1ccc(NC(=O)C2CCN(C(=O)C(C)C)CC2)c(C)c1. The number of hydrogen-bond acceptors (Lipinski definition) is 2. The van der Waals surface area contributed by atoms with Gasteiger partial charge >= 0.3 is 0 Å². The Hall–Kier alpha value is -1.84. The number of carbonyl (C=O) groups is 2. The lowest BCUT2D eigenvalue weighted by atomic mass is 9.95. The zero-order valence-electron chi connectivity index (χ0n) is 14.0. The molecule has 22 heavy (non-hydrogen) atoms. The molecule has 120 valence electrons. The lowest BCUT2D eigenvalue weighted by Gasteiger charge is -2.32. The molecule has 4 heteroatoms. The number of likely N-dealkylation sites (tertiary alicyclic amines) is 1. The fraction of sp³-hybridized carbons (Fsp3) is 0.556. The number of rotatable bonds is 3. The van der Waals surface area contributed by atoms with E-state index >= 15 is 0 Å². The molecule has 1 aromatic carbocycles. The van der Waals surface area contributed by atoms with Crippen molar-refractivity contribution in [2.45, 2.75) is 40.5 Å². The molecule has 0 saturated carbocycles. The van der Waals surface area contributed by atoms with Crippen LogP contribution in [0, 0.1) is 25.7 Å². The average molecular weight is 302 g/mol. The highest BCUT2D eigenvalue weighted by Gasteiger charge is 2.28. The molecule has 0 bridgehead atoms. The predicted octanol–water partition coefficient (Wildman–Crippen LogP) is 3.14. The molecule has 1 aliphatic heterocycles. The maximum Gasteiger partial charge on any atom is 0.227 e. The number of nitrogens with zero attached hydrogens (tertiary/aromatic N) is 1. The van der Waals surface area contributed by atoms with Gasteiger partial charge in [0.2, 0.25) is 11.8 Å². The van der Waals surface area contributed by atoms with Gasteiger partial charge in [-0.05, 0) is 38.3 Å². The van der Waals surface area contributed by atoms with Crippen LogP contribution in [0.25, 0.3) is 0 Å². The third kappa shape index (κ3) is 3.87. The Morgan fingerprint density at radius 1 is 1.18 bits per heavy atom. The summed E-state index contributed by atoms with van der Waals surface area (Å²) >= 11 is 0. The van der Waals surface area contributed by atoms with E-state index in [4.69, 9.17) is 0 Å². The monoisotopic (exact) mass is 302 g/mol. The summed E-state index contributed by atoms with van der Waals surface area (Å²) in [7, 11) is 0. The Kier molecular flexibility index (Phi) is 5.22. The molecule has 1 N–H and O–H groups in total. The van der Waals surface area contributed by atoms with Gasteiger partial charge in [0.25, 0.3) is 0 Å². The molecule has 0 aromatic heterocycles. The summed E-state index contributed by atoms with van der Waals surface area (Å²) in [6.07, 6.45) is 1.49. The van der Waals surface area contributed by atoms with Crippen molar-refractivity contribution in [3.8, 4) is 0 Å². The molecule has 1 fully saturated rings. The van der Waals surface area contributed by atoms with E-state index in [2.05, 4.69) is 11.4 Å². The molecular formula is C18H26N2O2. The first-order valence-corrected chi connectivity index (χ1v) is 8.05. The van der Waals surface area contributed by atoms with Crippen LogP contribution in [-0.2, 0) is 9.59 Å². The van der Waals surface area contributed by atoms with Crippen LogP contribution in [-0.4, -0.2) is 29.8 Å². The van der Waals surface area contributed by atoms with E-state index in [1.165, 1.54) is 5.56 Å².